The summed E-state index contributed by atoms with van der Waals surface area (Å²) in [6, 6.07) is 12.7. The Balaban J connectivity index is 1.78. The smallest absolute Gasteiger partial charge is 0.251 e. The van der Waals surface area contributed by atoms with Gasteiger partial charge in [0.25, 0.3) is 5.91 Å². The van der Waals surface area contributed by atoms with Crippen LogP contribution in [0.5, 0.6) is 11.5 Å². The van der Waals surface area contributed by atoms with Crippen molar-refractivity contribution < 1.29 is 27.5 Å². The zero-order chi connectivity index (χ0) is 22.1. The molecule has 2 aromatic rings. The Morgan fingerprint density at radius 3 is 2.40 bits per heavy atom. The van der Waals surface area contributed by atoms with Gasteiger partial charge in [-0.3, -0.25) is 9.59 Å². The predicted octanol–water partition coefficient (Wildman–Crippen LogP) is 0.870. The zero-order valence-corrected chi connectivity index (χ0v) is 17.9. The molecule has 0 aliphatic carbocycles. The van der Waals surface area contributed by atoms with Crippen LogP contribution in [0.25, 0.3) is 0 Å². The molecule has 0 fully saturated rings. The molecule has 2 rings (SSSR count). The van der Waals surface area contributed by atoms with Crippen LogP contribution in [0.2, 0.25) is 0 Å². The Morgan fingerprint density at radius 1 is 1.00 bits per heavy atom. The van der Waals surface area contributed by atoms with E-state index in [0.717, 1.165) is 4.31 Å². The molecule has 10 heteroatoms. The number of sulfonamides is 1. The van der Waals surface area contributed by atoms with Gasteiger partial charge in [-0.15, -0.1) is 0 Å². The average molecular weight is 436 g/mol. The lowest BCUT2D eigenvalue weighted by Crippen LogP contribution is -2.38. The highest BCUT2D eigenvalue weighted by Crippen LogP contribution is 2.18. The molecule has 0 heterocycles. The second-order valence-corrected chi connectivity index (χ2v) is 8.53. The number of hydrogen-bond donors (Lipinski definition) is 2. The Morgan fingerprint density at radius 2 is 1.70 bits per heavy atom. The summed E-state index contributed by atoms with van der Waals surface area (Å²) in [5, 5.41) is 5.09. The van der Waals surface area contributed by atoms with E-state index in [1.54, 1.807) is 31.4 Å². The van der Waals surface area contributed by atoms with Gasteiger partial charge >= 0.3 is 0 Å². The number of benzene rings is 2. The van der Waals surface area contributed by atoms with Crippen LogP contribution in [-0.2, 0) is 14.8 Å². The minimum Gasteiger partial charge on any atom is -0.497 e. The number of ether oxygens (including phenoxy) is 2. The molecule has 9 nitrogen and oxygen atoms in total. The maximum Gasteiger partial charge on any atom is 0.251 e. The van der Waals surface area contributed by atoms with E-state index < -0.39 is 21.8 Å². The van der Waals surface area contributed by atoms with Crippen molar-refractivity contribution in [1.82, 2.24) is 14.9 Å². The largest absolute Gasteiger partial charge is 0.497 e. The van der Waals surface area contributed by atoms with Gasteiger partial charge < -0.3 is 20.1 Å². The minimum absolute atomic E-state index is 0.000655. The second kappa shape index (κ2) is 10.6. The van der Waals surface area contributed by atoms with Crippen molar-refractivity contribution in [1.29, 1.82) is 0 Å². The van der Waals surface area contributed by atoms with Gasteiger partial charge in [0.2, 0.25) is 15.9 Å². The van der Waals surface area contributed by atoms with Crippen molar-refractivity contribution >= 4 is 21.8 Å². The highest BCUT2D eigenvalue weighted by Gasteiger charge is 2.18. The minimum atomic E-state index is -3.65. The molecule has 30 heavy (non-hydrogen) atoms. The van der Waals surface area contributed by atoms with E-state index in [9.17, 15) is 18.0 Å². The van der Waals surface area contributed by atoms with Crippen LogP contribution >= 0.6 is 0 Å². The Kier molecular flexibility index (Phi) is 8.19. The second-order valence-electron chi connectivity index (χ2n) is 6.38. The lowest BCUT2D eigenvalue weighted by molar-refractivity contribution is -0.120. The highest BCUT2D eigenvalue weighted by atomic mass is 32.2. The van der Waals surface area contributed by atoms with E-state index in [4.69, 9.17) is 9.47 Å². The fourth-order valence-electron chi connectivity index (χ4n) is 2.38. The van der Waals surface area contributed by atoms with Gasteiger partial charge in [0.1, 0.15) is 18.1 Å². The molecule has 162 valence electrons. The highest BCUT2D eigenvalue weighted by molar-refractivity contribution is 7.89. The SMILES string of the molecule is COc1cccc(OCCNC(=O)CNC(=O)c2cccc(S(=O)(=O)N(C)C)c2)c1. The number of nitrogens with one attached hydrogen (secondary N) is 2. The van der Waals surface area contributed by atoms with Crippen LogP contribution in [-0.4, -0.2) is 65.4 Å². The molecule has 0 aliphatic rings. The summed E-state index contributed by atoms with van der Waals surface area (Å²) in [6.07, 6.45) is 0. The first-order valence-corrected chi connectivity index (χ1v) is 10.5. The topological polar surface area (TPSA) is 114 Å². The fraction of sp³-hybridized carbons (Fsp3) is 0.300. The van der Waals surface area contributed by atoms with Gasteiger partial charge in [-0.1, -0.05) is 12.1 Å². The number of nitrogens with zero attached hydrogens (tertiary/aromatic N) is 1. The van der Waals surface area contributed by atoms with Crippen LogP contribution in [0.3, 0.4) is 0 Å². The molecule has 0 aromatic heterocycles. The summed E-state index contributed by atoms with van der Waals surface area (Å²) in [5.74, 6) is 0.342. The maximum absolute atomic E-state index is 12.2. The fourth-order valence-corrected chi connectivity index (χ4v) is 3.33. The Bertz CT molecular complexity index is 992. The third-order valence-corrected chi connectivity index (χ3v) is 5.83. The molecule has 0 spiro atoms. The predicted molar refractivity (Wildman–Crippen MR) is 111 cm³/mol. The molecule has 0 saturated carbocycles. The summed E-state index contributed by atoms with van der Waals surface area (Å²) in [6.45, 7) is 0.252. The molecule has 0 saturated heterocycles. The lowest BCUT2D eigenvalue weighted by Gasteiger charge is -2.12. The van der Waals surface area contributed by atoms with E-state index in [1.807, 2.05) is 0 Å². The van der Waals surface area contributed by atoms with Crippen molar-refractivity contribution in [3.63, 3.8) is 0 Å². The first kappa shape index (κ1) is 23.2. The van der Waals surface area contributed by atoms with Crippen molar-refractivity contribution in [2.24, 2.45) is 0 Å². The van der Waals surface area contributed by atoms with Gasteiger partial charge in [0.05, 0.1) is 25.1 Å². The van der Waals surface area contributed by atoms with Crippen molar-refractivity contribution in [2.45, 2.75) is 4.90 Å². The van der Waals surface area contributed by atoms with Gasteiger partial charge in [0, 0.05) is 25.7 Å². The molecule has 2 aromatic carbocycles. The van der Waals surface area contributed by atoms with Gasteiger partial charge in [-0.2, -0.15) is 0 Å². The van der Waals surface area contributed by atoms with E-state index >= 15 is 0 Å². The van der Waals surface area contributed by atoms with Gasteiger partial charge in [-0.25, -0.2) is 12.7 Å². The summed E-state index contributed by atoms with van der Waals surface area (Å²) >= 11 is 0. The molecule has 0 atom stereocenters. The van der Waals surface area contributed by atoms with E-state index in [-0.39, 0.29) is 30.2 Å². The van der Waals surface area contributed by atoms with E-state index in [0.29, 0.717) is 11.5 Å². The van der Waals surface area contributed by atoms with Crippen molar-refractivity contribution in [3.05, 3.63) is 54.1 Å². The summed E-state index contributed by atoms with van der Waals surface area (Å²) in [4.78, 5) is 24.1. The third-order valence-electron chi connectivity index (χ3n) is 4.02. The van der Waals surface area contributed by atoms with Crippen LogP contribution < -0.4 is 20.1 Å². The molecule has 0 bridgehead atoms. The summed E-state index contributed by atoms with van der Waals surface area (Å²) < 4.78 is 36.0. The Hall–Kier alpha value is -3.11. The van der Waals surface area contributed by atoms with E-state index in [2.05, 4.69) is 10.6 Å². The lowest BCUT2D eigenvalue weighted by atomic mass is 10.2. The number of amides is 2. The number of hydrogen-bond acceptors (Lipinski definition) is 6. The monoisotopic (exact) mass is 435 g/mol. The molecule has 0 unspecified atom stereocenters. The molecule has 0 radical (unpaired) electrons. The van der Waals surface area contributed by atoms with Crippen LogP contribution in [0.1, 0.15) is 10.4 Å². The number of carbonyl (C=O) groups excluding carboxylic acids is 2. The standard InChI is InChI=1S/C20H25N3O6S/c1-23(2)30(26,27)18-9-4-6-15(12-18)20(25)22-14-19(24)21-10-11-29-17-8-5-7-16(13-17)28-3/h4-9,12-13H,10-11,14H2,1-3H3,(H,21,24)(H,22,25). The number of rotatable bonds is 10. The summed E-state index contributed by atoms with van der Waals surface area (Å²) in [5.41, 5.74) is 0.145. The van der Waals surface area contributed by atoms with Crippen LogP contribution in [0.4, 0.5) is 0 Å². The molecule has 2 N–H and O–H groups in total. The van der Waals surface area contributed by atoms with Gasteiger partial charge in [-0.05, 0) is 30.3 Å². The first-order valence-electron chi connectivity index (χ1n) is 9.08. The first-order chi connectivity index (χ1) is 14.2. The average Bonchev–Trinajstić information content (AvgIpc) is 2.75. The van der Waals surface area contributed by atoms with Crippen LogP contribution in [0, 0.1) is 0 Å². The number of carbonyl (C=O) groups is 2. The number of methoxy groups -OCH3 is 1. The molecule has 2 amide bonds. The molecule has 0 aliphatic heterocycles. The van der Waals surface area contributed by atoms with Gasteiger partial charge in [0.15, 0.2) is 0 Å². The molecular formula is C20H25N3O6S. The zero-order valence-electron chi connectivity index (χ0n) is 17.0. The summed E-state index contributed by atoms with van der Waals surface area (Å²) in [7, 11) is 0.721. The van der Waals surface area contributed by atoms with Crippen molar-refractivity contribution in [2.75, 3.05) is 40.9 Å². The quantitative estimate of drug-likeness (QED) is 0.536. The third kappa shape index (κ3) is 6.46. The maximum atomic E-state index is 12.2. The van der Waals surface area contributed by atoms with Crippen molar-refractivity contribution in [3.8, 4) is 11.5 Å². The molecular weight excluding hydrogens is 410 g/mol. The van der Waals surface area contributed by atoms with Crippen LogP contribution in [0.15, 0.2) is 53.4 Å². The normalized spacial score (nSPS) is 11.1. The van der Waals surface area contributed by atoms with E-state index in [1.165, 1.54) is 38.4 Å². The Labute approximate surface area is 176 Å².